The van der Waals surface area contributed by atoms with Gasteiger partial charge in [0.1, 0.15) is 52.5 Å². The van der Waals surface area contributed by atoms with Gasteiger partial charge in [-0.3, -0.25) is 13.6 Å². The molecule has 27 heavy (non-hydrogen) atoms. The largest absolute Gasteiger partial charge is 0.472 e. The van der Waals surface area contributed by atoms with Crippen LogP contribution in [0, 0.1) is 0 Å². The van der Waals surface area contributed by atoms with Crippen LogP contribution in [0.1, 0.15) is 0 Å². The van der Waals surface area contributed by atoms with Crippen molar-refractivity contribution in [1.29, 1.82) is 0 Å². The number of phosphoric acid groups is 2. The van der Waals surface area contributed by atoms with Gasteiger partial charge in [0.25, 0.3) is 0 Å². The lowest BCUT2D eigenvalue weighted by Gasteiger charge is -2.24. The molecule has 4 N–H and O–H groups in total. The van der Waals surface area contributed by atoms with Crippen LogP contribution in [0.15, 0.2) is 0 Å². The van der Waals surface area contributed by atoms with Gasteiger partial charge in [0.15, 0.2) is 0 Å². The average Bonchev–Trinajstić information content (AvgIpc) is 2.96. The first-order valence-corrected chi connectivity index (χ1v) is 11.0. The van der Waals surface area contributed by atoms with Crippen LogP contribution in [0.5, 0.6) is 0 Å². The summed E-state index contributed by atoms with van der Waals surface area (Å²) in [6.45, 7) is -1.49. The molecule has 0 aromatic carbocycles. The minimum atomic E-state index is -5.06. The van der Waals surface area contributed by atoms with Gasteiger partial charge in [-0.2, -0.15) is 0 Å². The quantitative estimate of drug-likeness (QED) is 0.232. The lowest BCUT2D eigenvalue weighted by molar-refractivity contribution is -0.0276. The predicted molar refractivity (Wildman–Crippen MR) is 88.9 cm³/mol. The van der Waals surface area contributed by atoms with Crippen molar-refractivity contribution < 1.29 is 60.7 Å². The lowest BCUT2D eigenvalue weighted by Crippen LogP contribution is -2.35. The number of aliphatic hydroxyl groups excluding tert-OH is 1. The molecule has 0 aliphatic carbocycles. The van der Waals surface area contributed by atoms with Crippen molar-refractivity contribution in [2.24, 2.45) is 0 Å². The minimum Gasteiger partial charge on any atom is -0.394 e. The molecule has 2 aliphatic rings. The normalized spacial score (nSPS) is 42.3. The molecule has 156 valence electrons. The third-order valence-corrected chi connectivity index (χ3v) is 5.64. The highest BCUT2D eigenvalue weighted by Crippen LogP contribution is 2.49. The number of phosphoric ester groups is 2. The fourth-order valence-corrected chi connectivity index (χ4v) is 4.37. The van der Waals surface area contributed by atoms with E-state index in [2.05, 4.69) is 9.05 Å². The fraction of sp³-hybridized carbons (Fsp3) is 1.00. The number of aliphatic hydroxyl groups is 1. The molecule has 0 radical (unpaired) electrons. The van der Waals surface area contributed by atoms with Gasteiger partial charge in [-0.15, -0.1) is 0 Å². The monoisotopic (exact) mass is 438 g/mol. The summed E-state index contributed by atoms with van der Waals surface area (Å²) < 4.78 is 74.8. The van der Waals surface area contributed by atoms with Crippen LogP contribution in [0.3, 0.4) is 0 Å². The third-order valence-electron chi connectivity index (χ3n) is 4.13. The minimum absolute atomic E-state index is 0.666. The van der Waals surface area contributed by atoms with Gasteiger partial charge in [0.2, 0.25) is 0 Å². The van der Waals surface area contributed by atoms with Crippen LogP contribution in [0.4, 0.5) is 8.78 Å². The number of hydrogen-bond acceptors (Lipinski definition) is 8. The Kier molecular flexibility index (Phi) is 7.66. The van der Waals surface area contributed by atoms with Crippen molar-refractivity contribution >= 4 is 31.3 Å². The van der Waals surface area contributed by atoms with Crippen molar-refractivity contribution in [3.8, 4) is 0 Å². The lowest BCUT2D eigenvalue weighted by atomic mass is 9.94. The summed E-state index contributed by atoms with van der Waals surface area (Å²) in [7, 11) is -7.36. The summed E-state index contributed by atoms with van der Waals surface area (Å²) in [5.41, 5.74) is 0. The second kappa shape index (κ2) is 8.85. The average molecular weight is 438 g/mol. The molecule has 0 aromatic rings. The first kappa shape index (κ1) is 23.4. The maximum Gasteiger partial charge on any atom is 0.472 e. The zero-order valence-electron chi connectivity index (χ0n) is 14.3. The number of rotatable bonds is 8. The van der Waals surface area contributed by atoms with Crippen molar-refractivity contribution in [3.63, 3.8) is 0 Å². The predicted octanol–water partition coefficient (Wildman–Crippen LogP) is -2.65. The molecule has 0 aromatic heterocycles. The molecule has 2 aliphatic heterocycles. The summed E-state index contributed by atoms with van der Waals surface area (Å²) >= 11 is 0. The molecular formula is C10H20B2F2O11P2. The van der Waals surface area contributed by atoms with Gasteiger partial charge >= 0.3 is 15.6 Å². The summed E-state index contributed by atoms with van der Waals surface area (Å²) in [6.07, 6.45) is -9.70. The van der Waals surface area contributed by atoms with Crippen LogP contribution in [0.25, 0.3) is 0 Å². The Morgan fingerprint density at radius 1 is 0.926 bits per heavy atom. The molecule has 9 atom stereocenters. The number of alkyl halides is 2. The number of ether oxygens (including phenoxy) is 2. The van der Waals surface area contributed by atoms with Crippen molar-refractivity contribution in [2.45, 2.75) is 48.8 Å². The third kappa shape index (κ3) is 6.03. The highest BCUT2D eigenvalue weighted by Gasteiger charge is 2.49. The Labute approximate surface area is 154 Å². The van der Waals surface area contributed by atoms with Gasteiger partial charge in [0.05, 0.1) is 25.2 Å². The fourth-order valence-electron chi connectivity index (χ4n) is 2.84. The smallest absolute Gasteiger partial charge is 0.394 e. The van der Waals surface area contributed by atoms with Crippen molar-refractivity contribution in [3.05, 3.63) is 0 Å². The van der Waals surface area contributed by atoms with Crippen molar-refractivity contribution in [2.75, 3.05) is 13.2 Å². The van der Waals surface area contributed by atoms with Crippen LogP contribution in [-0.2, 0) is 32.2 Å². The van der Waals surface area contributed by atoms with Crippen LogP contribution >= 0.6 is 15.6 Å². The summed E-state index contributed by atoms with van der Waals surface area (Å²) in [5.74, 6) is 0. The molecule has 2 fully saturated rings. The van der Waals surface area contributed by atoms with Gasteiger partial charge in [-0.25, -0.2) is 17.9 Å². The Balaban J connectivity index is 1.99. The topological polar surface area (TPSA) is 161 Å². The van der Waals surface area contributed by atoms with E-state index in [0.717, 1.165) is 0 Å². The molecule has 2 rings (SSSR count). The zero-order valence-corrected chi connectivity index (χ0v) is 16.1. The van der Waals surface area contributed by atoms with Crippen LogP contribution in [-0.4, -0.2) is 97.5 Å². The molecule has 0 spiro atoms. The van der Waals surface area contributed by atoms with E-state index in [9.17, 15) is 22.8 Å². The van der Waals surface area contributed by atoms with E-state index in [0.29, 0.717) is 0 Å². The molecular weight excluding hydrogens is 418 g/mol. The van der Waals surface area contributed by atoms with Crippen LogP contribution < -0.4 is 0 Å². The van der Waals surface area contributed by atoms with E-state index in [-0.39, 0.29) is 0 Å². The molecule has 0 amide bonds. The Hall–Kier alpha value is 0.0899. The Bertz CT molecular complexity index is 612. The van der Waals surface area contributed by atoms with E-state index >= 15 is 0 Å². The maximum atomic E-state index is 14.0. The van der Waals surface area contributed by atoms with Gasteiger partial charge in [-0.1, -0.05) is 0 Å². The van der Waals surface area contributed by atoms with Gasteiger partial charge in [0, 0.05) is 0 Å². The first-order chi connectivity index (χ1) is 12.3. The highest BCUT2D eigenvalue weighted by molar-refractivity contribution is 7.47. The van der Waals surface area contributed by atoms with E-state index in [4.69, 9.17) is 28.9 Å². The second-order valence-electron chi connectivity index (χ2n) is 6.23. The van der Waals surface area contributed by atoms with E-state index < -0.39 is 77.6 Å². The Morgan fingerprint density at radius 3 is 1.89 bits per heavy atom. The molecule has 0 saturated carbocycles. The number of halogens is 2. The van der Waals surface area contributed by atoms with E-state index in [1.54, 1.807) is 0 Å². The second-order valence-corrected chi connectivity index (χ2v) is 8.82. The first-order valence-electron chi connectivity index (χ1n) is 7.94. The maximum absolute atomic E-state index is 14.0. The number of hydrogen-bond donors (Lipinski definition) is 4. The summed E-state index contributed by atoms with van der Waals surface area (Å²) in [6, 6.07) is -2.10. The van der Waals surface area contributed by atoms with E-state index in [1.807, 2.05) is 0 Å². The molecule has 17 heteroatoms. The highest BCUT2D eigenvalue weighted by atomic mass is 31.2. The zero-order chi connectivity index (χ0) is 20.6. The van der Waals surface area contributed by atoms with Crippen molar-refractivity contribution in [1.82, 2.24) is 0 Å². The SMILES string of the molecule is B[C@@H]1O[C@H](COP(=O)(O)O[C@@H]2C(F)[C@H](B)O[C@@H]2CO)C(OP(=O)(O)O)C1F. The van der Waals surface area contributed by atoms with Crippen LogP contribution in [0.2, 0.25) is 0 Å². The molecule has 4 unspecified atom stereocenters. The molecule has 11 nitrogen and oxygen atoms in total. The van der Waals surface area contributed by atoms with Gasteiger partial charge in [-0.05, 0) is 0 Å². The van der Waals surface area contributed by atoms with E-state index in [1.165, 1.54) is 15.7 Å². The van der Waals surface area contributed by atoms with Gasteiger partial charge < -0.3 is 29.3 Å². The Morgan fingerprint density at radius 2 is 1.41 bits per heavy atom. The summed E-state index contributed by atoms with van der Waals surface area (Å²) in [5, 5.41) is 9.14. The standard InChI is InChI=1S/C10H20B2F2O11P2/c11-9-5(13)7(3(1-15)22-9)25-27(19,20)21-2-4-8(24-26(16,17)18)6(14)10(12)23-4/h3-10,15H,1-2,11-12H2,(H,19,20)(H2,16,17,18)/t3-,4-,5?,6?,7+,8?,9-,10-/m1/s1. The summed E-state index contributed by atoms with van der Waals surface area (Å²) in [4.78, 5) is 27.5. The molecule has 2 saturated heterocycles. The molecule has 0 bridgehead atoms. The molecule has 2 heterocycles.